The summed E-state index contributed by atoms with van der Waals surface area (Å²) in [5.41, 5.74) is 2.93. The highest BCUT2D eigenvalue weighted by Gasteiger charge is 2.31. The van der Waals surface area contributed by atoms with Gasteiger partial charge in [0.15, 0.2) is 0 Å². The van der Waals surface area contributed by atoms with Crippen molar-refractivity contribution in [2.45, 2.75) is 57.5 Å². The van der Waals surface area contributed by atoms with Crippen molar-refractivity contribution in [3.63, 3.8) is 0 Å². The Hall–Kier alpha value is -1.35. The molecule has 2 aliphatic rings. The molecule has 1 saturated carbocycles. The Balaban J connectivity index is 1.60. The lowest BCUT2D eigenvalue weighted by Crippen LogP contribution is -2.38. The normalized spacial score (nSPS) is 28.1. The van der Waals surface area contributed by atoms with Gasteiger partial charge in [0, 0.05) is 12.1 Å². The lowest BCUT2D eigenvalue weighted by molar-refractivity contribution is -0.149. The number of nitrogens with one attached hydrogen (secondary N) is 1. The zero-order chi connectivity index (χ0) is 14.7. The quantitative estimate of drug-likeness (QED) is 0.863. The summed E-state index contributed by atoms with van der Waals surface area (Å²) in [6.07, 6.45) is 6.56. The number of benzene rings is 1. The minimum Gasteiger partial charge on any atom is -0.466 e. The standard InChI is InChI=1S/C18H25NO2/c1-2-21-18(20)14-7-5-8-15(12-14)19-17-11-10-13-6-3-4-9-16(13)17/h3-4,6,9,14-15,17,19H,2,5,7-8,10-12H2,1H3. The van der Waals surface area contributed by atoms with Crippen molar-refractivity contribution in [1.29, 1.82) is 0 Å². The molecular formula is C18H25NO2. The number of rotatable bonds is 4. The van der Waals surface area contributed by atoms with Crippen molar-refractivity contribution >= 4 is 5.97 Å². The SMILES string of the molecule is CCOC(=O)C1CCCC(NC2CCc3ccccc32)C1. The summed E-state index contributed by atoms with van der Waals surface area (Å²) in [5.74, 6) is 0.0867. The van der Waals surface area contributed by atoms with E-state index in [0.717, 1.165) is 19.3 Å². The Bertz CT molecular complexity index is 500. The van der Waals surface area contributed by atoms with Gasteiger partial charge in [-0.05, 0) is 50.2 Å². The van der Waals surface area contributed by atoms with Crippen molar-refractivity contribution in [2.24, 2.45) is 5.92 Å². The number of aryl methyl sites for hydroxylation is 1. The number of esters is 1. The molecule has 0 aromatic heterocycles. The fourth-order valence-electron chi connectivity index (χ4n) is 3.83. The van der Waals surface area contributed by atoms with Crippen LogP contribution >= 0.6 is 0 Å². The highest BCUT2D eigenvalue weighted by molar-refractivity contribution is 5.72. The smallest absolute Gasteiger partial charge is 0.308 e. The summed E-state index contributed by atoms with van der Waals surface area (Å²) in [6.45, 7) is 2.37. The maximum Gasteiger partial charge on any atom is 0.308 e. The number of fused-ring (bicyclic) bond motifs is 1. The average Bonchev–Trinajstić information content (AvgIpc) is 2.91. The van der Waals surface area contributed by atoms with Gasteiger partial charge in [-0.15, -0.1) is 0 Å². The molecule has 0 amide bonds. The number of carbonyl (C=O) groups is 1. The Kier molecular flexibility index (Phi) is 4.59. The van der Waals surface area contributed by atoms with E-state index in [2.05, 4.69) is 29.6 Å². The van der Waals surface area contributed by atoms with Crippen LogP contribution in [-0.4, -0.2) is 18.6 Å². The highest BCUT2D eigenvalue weighted by atomic mass is 16.5. The molecule has 3 heteroatoms. The predicted molar refractivity (Wildman–Crippen MR) is 83.0 cm³/mol. The summed E-state index contributed by atoms with van der Waals surface area (Å²) in [6, 6.07) is 9.64. The van der Waals surface area contributed by atoms with E-state index in [4.69, 9.17) is 4.74 Å². The van der Waals surface area contributed by atoms with Crippen molar-refractivity contribution in [2.75, 3.05) is 6.61 Å². The van der Waals surface area contributed by atoms with Gasteiger partial charge in [0.2, 0.25) is 0 Å². The maximum atomic E-state index is 11.9. The Labute approximate surface area is 127 Å². The van der Waals surface area contributed by atoms with E-state index < -0.39 is 0 Å². The van der Waals surface area contributed by atoms with E-state index >= 15 is 0 Å². The molecular weight excluding hydrogens is 262 g/mol. The molecule has 0 saturated heterocycles. The average molecular weight is 287 g/mol. The van der Waals surface area contributed by atoms with Gasteiger partial charge in [0.25, 0.3) is 0 Å². The van der Waals surface area contributed by atoms with Crippen molar-refractivity contribution < 1.29 is 9.53 Å². The Morgan fingerprint density at radius 1 is 1.29 bits per heavy atom. The number of hydrogen-bond acceptors (Lipinski definition) is 3. The number of carbonyl (C=O) groups excluding carboxylic acids is 1. The van der Waals surface area contributed by atoms with Crippen LogP contribution in [0.15, 0.2) is 24.3 Å². The van der Waals surface area contributed by atoms with E-state index in [1.165, 1.54) is 30.4 Å². The van der Waals surface area contributed by atoms with Gasteiger partial charge in [-0.3, -0.25) is 4.79 Å². The maximum absolute atomic E-state index is 11.9. The van der Waals surface area contributed by atoms with Crippen LogP contribution in [-0.2, 0) is 16.0 Å². The van der Waals surface area contributed by atoms with E-state index in [1.54, 1.807) is 0 Å². The predicted octanol–water partition coefficient (Wildman–Crippen LogP) is 3.39. The summed E-state index contributed by atoms with van der Waals surface area (Å²) in [7, 11) is 0. The molecule has 2 aliphatic carbocycles. The van der Waals surface area contributed by atoms with Crippen molar-refractivity contribution in [1.82, 2.24) is 5.32 Å². The van der Waals surface area contributed by atoms with E-state index in [0.29, 0.717) is 18.7 Å². The summed E-state index contributed by atoms with van der Waals surface area (Å²) in [5, 5.41) is 3.79. The van der Waals surface area contributed by atoms with Crippen LogP contribution in [0.25, 0.3) is 0 Å². The molecule has 3 atom stereocenters. The largest absolute Gasteiger partial charge is 0.466 e. The fraction of sp³-hybridized carbons (Fsp3) is 0.611. The first-order valence-electron chi connectivity index (χ1n) is 8.28. The number of hydrogen-bond donors (Lipinski definition) is 1. The third kappa shape index (κ3) is 3.29. The van der Waals surface area contributed by atoms with Crippen LogP contribution in [0, 0.1) is 5.92 Å². The molecule has 0 radical (unpaired) electrons. The summed E-state index contributed by atoms with van der Waals surface area (Å²) in [4.78, 5) is 11.9. The number of ether oxygens (including phenoxy) is 1. The molecule has 1 N–H and O–H groups in total. The molecule has 1 aromatic rings. The summed E-state index contributed by atoms with van der Waals surface area (Å²) >= 11 is 0. The molecule has 0 heterocycles. The second-order valence-corrected chi connectivity index (χ2v) is 6.27. The second-order valence-electron chi connectivity index (χ2n) is 6.27. The van der Waals surface area contributed by atoms with Crippen LogP contribution in [0.3, 0.4) is 0 Å². The molecule has 1 aromatic carbocycles. The first-order valence-corrected chi connectivity index (χ1v) is 8.28. The first-order chi connectivity index (χ1) is 10.3. The van der Waals surface area contributed by atoms with Gasteiger partial charge in [-0.1, -0.05) is 30.7 Å². The van der Waals surface area contributed by atoms with Crippen LogP contribution in [0.4, 0.5) is 0 Å². The van der Waals surface area contributed by atoms with Crippen LogP contribution in [0.2, 0.25) is 0 Å². The molecule has 0 spiro atoms. The first kappa shape index (κ1) is 14.6. The minimum atomic E-state index is -0.00387. The highest BCUT2D eigenvalue weighted by Crippen LogP contribution is 2.33. The van der Waals surface area contributed by atoms with Gasteiger partial charge in [0.1, 0.15) is 0 Å². The molecule has 3 rings (SSSR count). The Morgan fingerprint density at radius 3 is 3.00 bits per heavy atom. The molecule has 0 aliphatic heterocycles. The van der Waals surface area contributed by atoms with E-state index in [1.807, 2.05) is 6.92 Å². The zero-order valence-electron chi connectivity index (χ0n) is 12.8. The van der Waals surface area contributed by atoms with Gasteiger partial charge in [0.05, 0.1) is 12.5 Å². The van der Waals surface area contributed by atoms with Crippen LogP contribution in [0.5, 0.6) is 0 Å². The minimum absolute atomic E-state index is 0.00387. The molecule has 114 valence electrons. The van der Waals surface area contributed by atoms with Crippen molar-refractivity contribution in [3.05, 3.63) is 35.4 Å². The lowest BCUT2D eigenvalue weighted by Gasteiger charge is -2.31. The third-order valence-corrected chi connectivity index (χ3v) is 4.86. The lowest BCUT2D eigenvalue weighted by atomic mass is 9.85. The van der Waals surface area contributed by atoms with Gasteiger partial charge in [-0.25, -0.2) is 0 Å². The monoisotopic (exact) mass is 287 g/mol. The molecule has 3 unspecified atom stereocenters. The summed E-state index contributed by atoms with van der Waals surface area (Å²) < 4.78 is 5.19. The molecule has 0 bridgehead atoms. The van der Waals surface area contributed by atoms with E-state index in [-0.39, 0.29) is 11.9 Å². The molecule has 1 fully saturated rings. The van der Waals surface area contributed by atoms with Gasteiger partial charge >= 0.3 is 5.97 Å². The van der Waals surface area contributed by atoms with Crippen LogP contribution < -0.4 is 5.32 Å². The van der Waals surface area contributed by atoms with Crippen molar-refractivity contribution in [3.8, 4) is 0 Å². The Morgan fingerprint density at radius 2 is 2.14 bits per heavy atom. The van der Waals surface area contributed by atoms with Gasteiger partial charge < -0.3 is 10.1 Å². The topological polar surface area (TPSA) is 38.3 Å². The second kappa shape index (κ2) is 6.61. The third-order valence-electron chi connectivity index (χ3n) is 4.86. The zero-order valence-corrected chi connectivity index (χ0v) is 12.8. The van der Waals surface area contributed by atoms with E-state index in [9.17, 15) is 4.79 Å². The molecule has 21 heavy (non-hydrogen) atoms. The molecule has 3 nitrogen and oxygen atoms in total. The van der Waals surface area contributed by atoms with Gasteiger partial charge in [-0.2, -0.15) is 0 Å². The van der Waals surface area contributed by atoms with Crippen LogP contribution in [0.1, 0.15) is 56.2 Å². The fourth-order valence-corrected chi connectivity index (χ4v) is 3.83.